The highest BCUT2D eigenvalue weighted by Gasteiger charge is 2.50. The number of aliphatic hydroxyl groups is 1. The van der Waals surface area contributed by atoms with E-state index in [-0.39, 0.29) is 36.4 Å². The smallest absolute Gasteiger partial charge is 0.222 e. The minimum Gasteiger partial charge on any atom is -0.394 e. The van der Waals surface area contributed by atoms with E-state index in [2.05, 4.69) is 5.32 Å². The third-order valence-electron chi connectivity index (χ3n) is 4.83. The summed E-state index contributed by atoms with van der Waals surface area (Å²) in [4.78, 5) is 25.7. The van der Waals surface area contributed by atoms with E-state index in [0.29, 0.717) is 19.4 Å². The molecular formula is C20H28N2O3. The van der Waals surface area contributed by atoms with Crippen molar-refractivity contribution in [1.29, 1.82) is 0 Å². The lowest BCUT2D eigenvalue weighted by Crippen LogP contribution is -2.68. The van der Waals surface area contributed by atoms with Crippen molar-refractivity contribution in [3.63, 3.8) is 0 Å². The van der Waals surface area contributed by atoms with Gasteiger partial charge >= 0.3 is 0 Å². The number of amides is 2. The molecule has 1 fully saturated rings. The zero-order valence-corrected chi connectivity index (χ0v) is 15.2. The summed E-state index contributed by atoms with van der Waals surface area (Å²) >= 11 is 0. The summed E-state index contributed by atoms with van der Waals surface area (Å²) in [5.74, 6) is 0.00687. The fourth-order valence-electron chi connectivity index (χ4n) is 3.54. The van der Waals surface area contributed by atoms with Gasteiger partial charge < -0.3 is 15.3 Å². The van der Waals surface area contributed by atoms with Crippen molar-refractivity contribution in [2.45, 2.75) is 51.6 Å². The van der Waals surface area contributed by atoms with Crippen LogP contribution in [0.25, 0.3) is 6.08 Å². The van der Waals surface area contributed by atoms with Crippen LogP contribution >= 0.6 is 0 Å². The Morgan fingerprint density at radius 2 is 1.84 bits per heavy atom. The SMILES string of the molecule is C/C=C/c1ccc([C@H]2[C@@H](CO)N(C(=O)CC)[C@@H]2CNC(=O)CC)cc1. The van der Waals surface area contributed by atoms with Crippen LogP contribution in [-0.4, -0.2) is 47.1 Å². The molecule has 2 amide bonds. The molecule has 1 aliphatic heterocycles. The second kappa shape index (κ2) is 8.81. The van der Waals surface area contributed by atoms with Gasteiger partial charge in [-0.05, 0) is 18.1 Å². The van der Waals surface area contributed by atoms with Gasteiger partial charge in [0.2, 0.25) is 11.8 Å². The largest absolute Gasteiger partial charge is 0.394 e. The molecule has 1 aromatic carbocycles. The minimum absolute atomic E-state index is 0.0107. The Labute approximate surface area is 149 Å². The van der Waals surface area contributed by atoms with Crippen molar-refractivity contribution in [1.82, 2.24) is 10.2 Å². The van der Waals surface area contributed by atoms with Gasteiger partial charge in [0.15, 0.2) is 0 Å². The van der Waals surface area contributed by atoms with Gasteiger partial charge in [0.05, 0.1) is 18.7 Å². The first kappa shape index (κ1) is 19.2. The van der Waals surface area contributed by atoms with E-state index in [1.54, 1.807) is 11.8 Å². The normalized spacial score (nSPS) is 22.7. The molecule has 0 bridgehead atoms. The molecule has 1 aliphatic rings. The Hall–Kier alpha value is -2.14. The van der Waals surface area contributed by atoms with Crippen LogP contribution in [-0.2, 0) is 9.59 Å². The zero-order chi connectivity index (χ0) is 18.4. The maximum absolute atomic E-state index is 12.3. The summed E-state index contributed by atoms with van der Waals surface area (Å²) in [6.45, 7) is 5.93. The lowest BCUT2D eigenvalue weighted by molar-refractivity contribution is -0.150. The number of benzene rings is 1. The van der Waals surface area contributed by atoms with Crippen molar-refractivity contribution in [2.24, 2.45) is 0 Å². The lowest BCUT2D eigenvalue weighted by Gasteiger charge is -2.55. The molecule has 0 spiro atoms. The molecule has 5 heteroatoms. The van der Waals surface area contributed by atoms with Crippen LogP contribution in [0.4, 0.5) is 0 Å². The number of likely N-dealkylation sites (tertiary alicyclic amines) is 1. The molecule has 1 heterocycles. The van der Waals surface area contributed by atoms with Crippen LogP contribution in [0, 0.1) is 0 Å². The average Bonchev–Trinajstić information content (AvgIpc) is 2.62. The maximum atomic E-state index is 12.3. The number of hydrogen-bond donors (Lipinski definition) is 2. The Morgan fingerprint density at radius 1 is 1.16 bits per heavy atom. The first-order valence-electron chi connectivity index (χ1n) is 8.98. The van der Waals surface area contributed by atoms with E-state index in [0.717, 1.165) is 11.1 Å². The van der Waals surface area contributed by atoms with Crippen LogP contribution in [0.15, 0.2) is 30.3 Å². The number of nitrogens with zero attached hydrogens (tertiary/aromatic N) is 1. The predicted octanol–water partition coefficient (Wildman–Crippen LogP) is 2.31. The quantitative estimate of drug-likeness (QED) is 0.797. The molecule has 0 unspecified atom stereocenters. The van der Waals surface area contributed by atoms with Gasteiger partial charge in [-0.2, -0.15) is 0 Å². The number of aliphatic hydroxyl groups excluding tert-OH is 1. The van der Waals surface area contributed by atoms with Gasteiger partial charge in [-0.15, -0.1) is 0 Å². The van der Waals surface area contributed by atoms with Crippen LogP contribution in [0.5, 0.6) is 0 Å². The van der Waals surface area contributed by atoms with Crippen LogP contribution < -0.4 is 5.32 Å². The monoisotopic (exact) mass is 344 g/mol. The molecule has 0 radical (unpaired) electrons. The molecule has 1 aromatic rings. The fourth-order valence-corrected chi connectivity index (χ4v) is 3.54. The summed E-state index contributed by atoms with van der Waals surface area (Å²) < 4.78 is 0. The Bertz CT molecular complexity index is 624. The first-order valence-corrected chi connectivity index (χ1v) is 8.98. The summed E-state index contributed by atoms with van der Waals surface area (Å²) in [5, 5.41) is 12.7. The number of carbonyl (C=O) groups excluding carboxylic acids is 2. The molecule has 2 rings (SSSR count). The van der Waals surface area contributed by atoms with E-state index in [4.69, 9.17) is 0 Å². The van der Waals surface area contributed by atoms with Crippen LogP contribution in [0.1, 0.15) is 50.7 Å². The number of nitrogens with one attached hydrogen (secondary N) is 1. The van der Waals surface area contributed by atoms with E-state index in [1.165, 1.54) is 0 Å². The van der Waals surface area contributed by atoms with Crippen molar-refractivity contribution in [3.05, 3.63) is 41.5 Å². The van der Waals surface area contributed by atoms with Crippen LogP contribution in [0.2, 0.25) is 0 Å². The first-order chi connectivity index (χ1) is 12.1. The molecule has 0 aliphatic carbocycles. The standard InChI is InChI=1S/C20H28N2O3/c1-4-7-14-8-10-15(11-9-14)20-16(12-21-18(24)5-2)22(17(20)13-23)19(25)6-3/h4,7-11,16-17,20,23H,5-6,12-13H2,1-3H3,(H,21,24)/b7-4+/t16-,17-,20-/m1/s1. The number of hydrogen-bond acceptors (Lipinski definition) is 3. The third-order valence-corrected chi connectivity index (χ3v) is 4.83. The number of carbonyl (C=O) groups is 2. The molecule has 5 nitrogen and oxygen atoms in total. The Balaban J connectivity index is 2.24. The topological polar surface area (TPSA) is 69.6 Å². The molecule has 136 valence electrons. The number of allylic oxidation sites excluding steroid dienone is 1. The van der Waals surface area contributed by atoms with E-state index >= 15 is 0 Å². The Morgan fingerprint density at radius 3 is 2.36 bits per heavy atom. The summed E-state index contributed by atoms with van der Waals surface area (Å²) in [7, 11) is 0. The fraction of sp³-hybridized carbons (Fsp3) is 0.500. The van der Waals surface area contributed by atoms with Gasteiger partial charge in [0, 0.05) is 25.3 Å². The van der Waals surface area contributed by atoms with Gasteiger partial charge in [-0.25, -0.2) is 0 Å². The second-order valence-electron chi connectivity index (χ2n) is 6.32. The number of rotatable bonds is 7. The van der Waals surface area contributed by atoms with Crippen molar-refractivity contribution >= 4 is 17.9 Å². The predicted molar refractivity (Wildman–Crippen MR) is 99.0 cm³/mol. The molecule has 1 saturated heterocycles. The summed E-state index contributed by atoms with van der Waals surface area (Å²) in [6, 6.07) is 7.82. The maximum Gasteiger partial charge on any atom is 0.222 e. The van der Waals surface area contributed by atoms with E-state index < -0.39 is 0 Å². The minimum atomic E-state index is -0.233. The second-order valence-corrected chi connectivity index (χ2v) is 6.32. The third kappa shape index (κ3) is 4.10. The lowest BCUT2D eigenvalue weighted by atomic mass is 9.74. The zero-order valence-electron chi connectivity index (χ0n) is 15.2. The molecule has 0 aromatic heterocycles. The van der Waals surface area contributed by atoms with Gasteiger partial charge in [-0.3, -0.25) is 9.59 Å². The highest BCUT2D eigenvalue weighted by atomic mass is 16.3. The van der Waals surface area contributed by atoms with Crippen molar-refractivity contribution < 1.29 is 14.7 Å². The van der Waals surface area contributed by atoms with Gasteiger partial charge in [0.25, 0.3) is 0 Å². The molecular weight excluding hydrogens is 316 g/mol. The molecule has 0 saturated carbocycles. The summed E-state index contributed by atoms with van der Waals surface area (Å²) in [5.41, 5.74) is 2.20. The van der Waals surface area contributed by atoms with Crippen LogP contribution in [0.3, 0.4) is 0 Å². The van der Waals surface area contributed by atoms with E-state index in [1.807, 2.05) is 50.3 Å². The Kier molecular flexibility index (Phi) is 6.76. The average molecular weight is 344 g/mol. The summed E-state index contributed by atoms with van der Waals surface area (Å²) in [6.07, 6.45) is 4.82. The van der Waals surface area contributed by atoms with Gasteiger partial charge in [0.1, 0.15) is 0 Å². The molecule has 2 N–H and O–H groups in total. The van der Waals surface area contributed by atoms with E-state index in [9.17, 15) is 14.7 Å². The van der Waals surface area contributed by atoms with Crippen molar-refractivity contribution in [2.75, 3.05) is 13.2 Å². The molecule has 3 atom stereocenters. The van der Waals surface area contributed by atoms with Crippen molar-refractivity contribution in [3.8, 4) is 0 Å². The highest BCUT2D eigenvalue weighted by Crippen LogP contribution is 2.40. The highest BCUT2D eigenvalue weighted by molar-refractivity contribution is 5.79. The molecule has 25 heavy (non-hydrogen) atoms. The van der Waals surface area contributed by atoms with Gasteiger partial charge in [-0.1, -0.05) is 50.3 Å².